The van der Waals surface area contributed by atoms with Gasteiger partial charge in [-0.05, 0) is 42.0 Å². The summed E-state index contributed by atoms with van der Waals surface area (Å²) in [7, 11) is 0. The molecule has 7 heteroatoms. The predicted molar refractivity (Wildman–Crippen MR) is 106 cm³/mol. The molecule has 0 saturated carbocycles. The summed E-state index contributed by atoms with van der Waals surface area (Å²) < 4.78 is 4.94. The van der Waals surface area contributed by atoms with E-state index in [2.05, 4.69) is 5.32 Å². The van der Waals surface area contributed by atoms with Gasteiger partial charge in [0.05, 0.1) is 10.0 Å². The van der Waals surface area contributed by atoms with Gasteiger partial charge in [-0.1, -0.05) is 42.3 Å². The molecule has 0 radical (unpaired) electrons. The topological polar surface area (TPSA) is 72.5 Å². The Morgan fingerprint density at radius 3 is 2.44 bits per heavy atom. The Morgan fingerprint density at radius 1 is 1.07 bits per heavy atom. The van der Waals surface area contributed by atoms with Crippen LogP contribution in [-0.4, -0.2) is 24.3 Å². The summed E-state index contributed by atoms with van der Waals surface area (Å²) in [4.78, 5) is 35.2. The molecule has 0 atom stereocenters. The minimum absolute atomic E-state index is 0.116. The highest BCUT2D eigenvalue weighted by Crippen LogP contribution is 2.26. The van der Waals surface area contributed by atoms with E-state index in [-0.39, 0.29) is 11.7 Å². The number of ether oxygens (including phenoxy) is 1. The fourth-order valence-electron chi connectivity index (χ4n) is 2.06. The van der Waals surface area contributed by atoms with Crippen LogP contribution in [0.5, 0.6) is 0 Å². The molecular weight excluding hydrogens is 389 g/mol. The number of anilines is 1. The van der Waals surface area contributed by atoms with Crippen molar-refractivity contribution < 1.29 is 19.1 Å². The van der Waals surface area contributed by atoms with Crippen molar-refractivity contribution in [1.82, 2.24) is 0 Å². The van der Waals surface area contributed by atoms with Crippen LogP contribution in [0.4, 0.5) is 5.69 Å². The van der Waals surface area contributed by atoms with E-state index < -0.39 is 12.6 Å². The normalized spacial score (nSPS) is 10.6. The highest BCUT2D eigenvalue weighted by atomic mass is 35.5. The summed E-state index contributed by atoms with van der Waals surface area (Å²) in [6.07, 6.45) is 3.00. The predicted octanol–water partition coefficient (Wildman–Crippen LogP) is 4.78. The first-order valence-electron chi connectivity index (χ1n) is 8.12. The standard InChI is InChI=1S/C20H17Cl2NO4/c1-2-18(25)23-15-9-6-13(7-10-15)17(24)12-27-19(26)11-8-14-4-3-5-16(21)20(14)22/h3-11H,2,12H2,1H3,(H,23,25)/b11-8+. The number of nitrogens with one attached hydrogen (secondary N) is 1. The first-order valence-corrected chi connectivity index (χ1v) is 8.88. The summed E-state index contributed by atoms with van der Waals surface area (Å²) in [6.45, 7) is 1.35. The van der Waals surface area contributed by atoms with Gasteiger partial charge in [0.25, 0.3) is 0 Å². The Labute approximate surface area is 166 Å². The molecule has 0 saturated heterocycles. The third kappa shape index (κ3) is 6.24. The number of esters is 1. The summed E-state index contributed by atoms with van der Waals surface area (Å²) in [6, 6.07) is 11.4. The van der Waals surface area contributed by atoms with Gasteiger partial charge in [-0.15, -0.1) is 0 Å². The van der Waals surface area contributed by atoms with Crippen LogP contribution in [0.1, 0.15) is 29.3 Å². The Bertz CT molecular complexity index is 876. The van der Waals surface area contributed by atoms with Crippen LogP contribution in [0.25, 0.3) is 6.08 Å². The van der Waals surface area contributed by atoms with E-state index in [1.165, 1.54) is 12.2 Å². The van der Waals surface area contributed by atoms with Crippen LogP contribution in [0.15, 0.2) is 48.5 Å². The van der Waals surface area contributed by atoms with Gasteiger partial charge in [0, 0.05) is 23.7 Å². The molecule has 5 nitrogen and oxygen atoms in total. The molecule has 0 unspecified atom stereocenters. The zero-order valence-electron chi connectivity index (χ0n) is 14.5. The summed E-state index contributed by atoms with van der Waals surface area (Å²) in [5.74, 6) is -1.15. The van der Waals surface area contributed by atoms with Gasteiger partial charge in [0.1, 0.15) is 0 Å². The second kappa shape index (κ2) is 9.90. The number of rotatable bonds is 7. The van der Waals surface area contributed by atoms with E-state index in [0.29, 0.717) is 33.3 Å². The van der Waals surface area contributed by atoms with Gasteiger partial charge in [-0.3, -0.25) is 9.59 Å². The smallest absolute Gasteiger partial charge is 0.331 e. The van der Waals surface area contributed by atoms with Crippen LogP contribution in [0.2, 0.25) is 10.0 Å². The maximum absolute atomic E-state index is 12.1. The van der Waals surface area contributed by atoms with Gasteiger partial charge in [-0.2, -0.15) is 0 Å². The average Bonchev–Trinajstić information content (AvgIpc) is 2.67. The molecule has 2 rings (SSSR count). The SMILES string of the molecule is CCC(=O)Nc1ccc(C(=O)COC(=O)/C=C/c2cccc(Cl)c2Cl)cc1. The fourth-order valence-corrected chi connectivity index (χ4v) is 2.43. The Morgan fingerprint density at radius 2 is 1.78 bits per heavy atom. The molecule has 0 bridgehead atoms. The molecular formula is C20H17Cl2NO4. The fraction of sp³-hybridized carbons (Fsp3) is 0.150. The molecule has 0 fully saturated rings. The lowest BCUT2D eigenvalue weighted by Gasteiger charge is -2.05. The minimum Gasteiger partial charge on any atom is -0.454 e. The summed E-state index contributed by atoms with van der Waals surface area (Å²) >= 11 is 11.9. The lowest BCUT2D eigenvalue weighted by molar-refractivity contribution is -0.136. The average molecular weight is 406 g/mol. The molecule has 0 spiro atoms. The van der Waals surface area contributed by atoms with Crippen molar-refractivity contribution in [1.29, 1.82) is 0 Å². The number of hydrogen-bond acceptors (Lipinski definition) is 4. The van der Waals surface area contributed by atoms with Crippen LogP contribution in [-0.2, 0) is 14.3 Å². The highest BCUT2D eigenvalue weighted by molar-refractivity contribution is 6.42. The van der Waals surface area contributed by atoms with Crippen molar-refractivity contribution in [3.05, 3.63) is 69.7 Å². The van der Waals surface area contributed by atoms with Crippen molar-refractivity contribution >= 4 is 52.6 Å². The summed E-state index contributed by atoms with van der Waals surface area (Å²) in [5.41, 5.74) is 1.54. The quantitative estimate of drug-likeness (QED) is 0.408. The number of carbonyl (C=O) groups excluding carboxylic acids is 3. The van der Waals surface area contributed by atoms with Crippen molar-refractivity contribution in [3.8, 4) is 0 Å². The van der Waals surface area contributed by atoms with Gasteiger partial charge in [-0.25, -0.2) is 4.79 Å². The van der Waals surface area contributed by atoms with Crippen molar-refractivity contribution in [2.45, 2.75) is 13.3 Å². The van der Waals surface area contributed by atoms with Crippen LogP contribution >= 0.6 is 23.2 Å². The molecule has 0 aliphatic rings. The van der Waals surface area contributed by atoms with E-state index in [1.807, 2.05) is 0 Å². The third-order valence-electron chi connectivity index (χ3n) is 3.54. The Kier molecular flexibility index (Phi) is 7.58. The molecule has 0 heterocycles. The molecule has 0 aromatic heterocycles. The van der Waals surface area contributed by atoms with E-state index in [9.17, 15) is 14.4 Å². The molecule has 27 heavy (non-hydrogen) atoms. The van der Waals surface area contributed by atoms with E-state index >= 15 is 0 Å². The van der Waals surface area contributed by atoms with E-state index in [1.54, 1.807) is 49.4 Å². The first kappa shape index (κ1) is 20.7. The second-order valence-corrected chi connectivity index (χ2v) is 6.27. The van der Waals surface area contributed by atoms with E-state index in [4.69, 9.17) is 27.9 Å². The van der Waals surface area contributed by atoms with Gasteiger partial charge < -0.3 is 10.1 Å². The van der Waals surface area contributed by atoms with Crippen LogP contribution in [0.3, 0.4) is 0 Å². The largest absolute Gasteiger partial charge is 0.454 e. The number of amides is 1. The van der Waals surface area contributed by atoms with Gasteiger partial charge in [0.15, 0.2) is 12.4 Å². The monoisotopic (exact) mass is 405 g/mol. The summed E-state index contributed by atoms with van der Waals surface area (Å²) in [5, 5.41) is 3.39. The minimum atomic E-state index is -0.675. The molecule has 0 aliphatic heterocycles. The van der Waals surface area contributed by atoms with Crippen LogP contribution < -0.4 is 5.32 Å². The Balaban J connectivity index is 1.89. The molecule has 1 amide bonds. The van der Waals surface area contributed by atoms with Crippen molar-refractivity contribution in [2.24, 2.45) is 0 Å². The molecule has 0 aliphatic carbocycles. The number of carbonyl (C=O) groups is 3. The Hall–Kier alpha value is -2.63. The number of Topliss-reactive ketones (excluding diaryl/α,β-unsaturated/α-hetero) is 1. The second-order valence-electron chi connectivity index (χ2n) is 5.49. The molecule has 2 aromatic carbocycles. The molecule has 2 aromatic rings. The highest BCUT2D eigenvalue weighted by Gasteiger charge is 2.09. The number of halogens is 2. The maximum atomic E-state index is 12.1. The third-order valence-corrected chi connectivity index (χ3v) is 4.37. The van der Waals surface area contributed by atoms with Crippen molar-refractivity contribution in [2.75, 3.05) is 11.9 Å². The lowest BCUT2D eigenvalue weighted by Crippen LogP contribution is -2.13. The van der Waals surface area contributed by atoms with E-state index in [0.717, 1.165) is 0 Å². The zero-order valence-corrected chi connectivity index (χ0v) is 16.0. The maximum Gasteiger partial charge on any atom is 0.331 e. The van der Waals surface area contributed by atoms with Gasteiger partial charge >= 0.3 is 5.97 Å². The number of ketones is 1. The lowest BCUT2D eigenvalue weighted by atomic mass is 10.1. The molecule has 1 N–H and O–H groups in total. The first-order chi connectivity index (χ1) is 12.9. The van der Waals surface area contributed by atoms with Crippen LogP contribution in [0, 0.1) is 0 Å². The molecule has 140 valence electrons. The zero-order chi connectivity index (χ0) is 19.8. The number of benzene rings is 2. The number of hydrogen-bond donors (Lipinski definition) is 1. The van der Waals surface area contributed by atoms with Crippen molar-refractivity contribution in [3.63, 3.8) is 0 Å². The van der Waals surface area contributed by atoms with Gasteiger partial charge in [0.2, 0.25) is 5.91 Å².